The molecule has 2 aromatic rings. The van der Waals surface area contributed by atoms with Crippen LogP contribution in [-0.2, 0) is 4.79 Å². The third-order valence-electron chi connectivity index (χ3n) is 3.85. The van der Waals surface area contributed by atoms with Crippen LogP contribution in [0.2, 0.25) is 0 Å². The Labute approximate surface area is 145 Å². The number of aromatic nitrogens is 1. The lowest BCUT2D eigenvalue weighted by molar-refractivity contribution is -0.139. The smallest absolute Gasteiger partial charge is 0.326 e. The largest absolute Gasteiger partial charge is 0.480 e. The minimum atomic E-state index is -1.10. The summed E-state index contributed by atoms with van der Waals surface area (Å²) in [6.07, 6.45) is 1.76. The molecule has 9 heteroatoms. The maximum atomic E-state index is 12.5. The van der Waals surface area contributed by atoms with Crippen LogP contribution >= 0.6 is 15.9 Å². The molecule has 2 heterocycles. The van der Waals surface area contributed by atoms with Gasteiger partial charge in [0.05, 0.1) is 18.2 Å². The lowest BCUT2D eigenvalue weighted by atomic mass is 10.1. The monoisotopic (exact) mass is 393 g/mol. The van der Waals surface area contributed by atoms with Crippen LogP contribution in [-0.4, -0.2) is 46.6 Å². The van der Waals surface area contributed by atoms with Crippen LogP contribution in [0.15, 0.2) is 33.9 Å². The first-order chi connectivity index (χ1) is 11.4. The first-order valence-corrected chi connectivity index (χ1v) is 8.10. The van der Waals surface area contributed by atoms with E-state index in [1.165, 1.54) is 0 Å². The zero-order valence-electron chi connectivity index (χ0n) is 12.5. The second-order valence-electron chi connectivity index (χ2n) is 5.56. The van der Waals surface area contributed by atoms with E-state index in [2.05, 4.69) is 36.5 Å². The third-order valence-corrected chi connectivity index (χ3v) is 4.34. The quantitative estimate of drug-likeness (QED) is 0.512. The van der Waals surface area contributed by atoms with E-state index < -0.39 is 17.9 Å². The number of carbonyl (C=O) groups is 2. The first-order valence-electron chi connectivity index (χ1n) is 7.31. The lowest BCUT2D eigenvalue weighted by Crippen LogP contribution is -2.46. The van der Waals surface area contributed by atoms with E-state index in [0.29, 0.717) is 12.1 Å². The van der Waals surface area contributed by atoms with Gasteiger partial charge in [0.1, 0.15) is 6.04 Å². The van der Waals surface area contributed by atoms with E-state index in [1.807, 2.05) is 12.1 Å². The summed E-state index contributed by atoms with van der Waals surface area (Å²) >= 11 is 3.37. The zero-order valence-corrected chi connectivity index (χ0v) is 14.1. The van der Waals surface area contributed by atoms with Gasteiger partial charge in [0, 0.05) is 28.0 Å². The molecular formula is C15H16BrN5O3. The molecule has 1 aliphatic heterocycles. The highest BCUT2D eigenvalue weighted by Gasteiger charge is 2.27. The molecule has 8 nitrogen and oxygen atoms in total. The summed E-state index contributed by atoms with van der Waals surface area (Å²) in [5.74, 6) is -1.25. The molecule has 1 aromatic heterocycles. The van der Waals surface area contributed by atoms with Crippen molar-refractivity contribution in [2.75, 3.05) is 6.54 Å². The van der Waals surface area contributed by atoms with Crippen molar-refractivity contribution in [3.63, 3.8) is 0 Å². The molecule has 0 saturated heterocycles. The number of carbonyl (C=O) groups excluding carboxylic acids is 1. The molecule has 1 amide bonds. The van der Waals surface area contributed by atoms with Crippen LogP contribution in [0, 0.1) is 0 Å². The van der Waals surface area contributed by atoms with Gasteiger partial charge in [-0.25, -0.2) is 4.79 Å². The van der Waals surface area contributed by atoms with Crippen molar-refractivity contribution in [1.29, 1.82) is 0 Å². The predicted molar refractivity (Wildman–Crippen MR) is 92.9 cm³/mol. The summed E-state index contributed by atoms with van der Waals surface area (Å²) in [5, 5.41) is 15.5. The van der Waals surface area contributed by atoms with Crippen molar-refractivity contribution in [1.82, 2.24) is 15.6 Å². The molecule has 0 spiro atoms. The molecule has 0 saturated carbocycles. The Hall–Kier alpha value is -2.55. The number of aliphatic carboxylic acids is 1. The average Bonchev–Trinajstić information content (AvgIpc) is 3.12. The lowest BCUT2D eigenvalue weighted by Gasteiger charge is -2.18. The number of H-pyrrole nitrogens is 1. The number of nitrogens with one attached hydrogen (secondary N) is 3. The Morgan fingerprint density at radius 2 is 2.29 bits per heavy atom. The zero-order chi connectivity index (χ0) is 17.3. The number of fused-ring (bicyclic) bond motifs is 1. The molecule has 3 rings (SSSR count). The standard InChI is InChI=1S/C15H16BrN5O3/c16-7-1-2-9-10(6-18-11(9)3-7)13(22)21-12(14(23)24)4-8-5-19-15(17)20-8/h1-3,6,8,12,18H,4-5H2,(H,21,22)(H,23,24)(H3,17,19,20)/t8-,12+/m1/s1. The fourth-order valence-electron chi connectivity index (χ4n) is 2.67. The number of amides is 1. The summed E-state index contributed by atoms with van der Waals surface area (Å²) in [7, 11) is 0. The number of nitrogens with two attached hydrogens (primary N) is 1. The maximum Gasteiger partial charge on any atom is 0.326 e. The summed E-state index contributed by atoms with van der Waals surface area (Å²) in [6, 6.07) is 4.24. The number of aromatic amines is 1. The maximum absolute atomic E-state index is 12.5. The summed E-state index contributed by atoms with van der Waals surface area (Å²) in [5.41, 5.74) is 6.72. The van der Waals surface area contributed by atoms with Crippen LogP contribution in [0.25, 0.3) is 10.9 Å². The topological polar surface area (TPSA) is 133 Å². The molecule has 6 N–H and O–H groups in total. The Kier molecular flexibility index (Phi) is 4.43. The molecule has 126 valence electrons. The highest BCUT2D eigenvalue weighted by Crippen LogP contribution is 2.22. The summed E-state index contributed by atoms with van der Waals surface area (Å²) in [4.78, 5) is 30.9. The van der Waals surface area contributed by atoms with E-state index in [-0.39, 0.29) is 18.4 Å². The van der Waals surface area contributed by atoms with Gasteiger partial charge in [0.25, 0.3) is 5.91 Å². The third kappa shape index (κ3) is 3.35. The van der Waals surface area contributed by atoms with Gasteiger partial charge in [-0.15, -0.1) is 0 Å². The van der Waals surface area contributed by atoms with Gasteiger partial charge in [0.15, 0.2) is 5.96 Å². The number of nitrogens with zero attached hydrogens (tertiary/aromatic N) is 1. The minimum absolute atomic E-state index is 0.194. The average molecular weight is 394 g/mol. The Bertz CT molecular complexity index is 832. The number of rotatable bonds is 5. The van der Waals surface area contributed by atoms with Crippen LogP contribution in [0.4, 0.5) is 0 Å². The first kappa shape index (κ1) is 16.3. The normalized spacial score (nSPS) is 18.0. The fourth-order valence-corrected chi connectivity index (χ4v) is 3.03. The van der Waals surface area contributed by atoms with Crippen molar-refractivity contribution < 1.29 is 14.7 Å². The highest BCUT2D eigenvalue weighted by molar-refractivity contribution is 9.10. The van der Waals surface area contributed by atoms with Gasteiger partial charge in [-0.05, 0) is 12.1 Å². The van der Waals surface area contributed by atoms with E-state index in [4.69, 9.17) is 5.73 Å². The van der Waals surface area contributed by atoms with E-state index in [1.54, 1.807) is 12.3 Å². The van der Waals surface area contributed by atoms with E-state index in [9.17, 15) is 14.7 Å². The molecule has 0 bridgehead atoms. The van der Waals surface area contributed by atoms with E-state index in [0.717, 1.165) is 15.4 Å². The molecule has 0 fully saturated rings. The Balaban J connectivity index is 1.74. The van der Waals surface area contributed by atoms with Gasteiger partial charge in [-0.3, -0.25) is 9.79 Å². The van der Waals surface area contributed by atoms with Gasteiger partial charge >= 0.3 is 5.97 Å². The van der Waals surface area contributed by atoms with Gasteiger partial charge in [-0.1, -0.05) is 22.0 Å². The minimum Gasteiger partial charge on any atom is -0.480 e. The van der Waals surface area contributed by atoms with Crippen LogP contribution in [0.5, 0.6) is 0 Å². The second-order valence-corrected chi connectivity index (χ2v) is 6.48. The molecule has 1 aromatic carbocycles. The Morgan fingerprint density at radius 1 is 1.50 bits per heavy atom. The van der Waals surface area contributed by atoms with Crippen molar-refractivity contribution in [2.24, 2.45) is 10.7 Å². The van der Waals surface area contributed by atoms with Crippen LogP contribution < -0.4 is 16.4 Å². The number of benzene rings is 1. The molecular weight excluding hydrogens is 378 g/mol. The number of carboxylic acids is 1. The van der Waals surface area contributed by atoms with Gasteiger partial charge in [-0.2, -0.15) is 0 Å². The highest BCUT2D eigenvalue weighted by atomic mass is 79.9. The molecule has 1 aliphatic rings. The van der Waals surface area contributed by atoms with Crippen molar-refractivity contribution in [2.45, 2.75) is 18.5 Å². The predicted octanol–water partition coefficient (Wildman–Crippen LogP) is 0.790. The van der Waals surface area contributed by atoms with Crippen LogP contribution in [0.1, 0.15) is 16.8 Å². The Morgan fingerprint density at radius 3 is 2.96 bits per heavy atom. The molecule has 0 aliphatic carbocycles. The van der Waals surface area contributed by atoms with Crippen molar-refractivity contribution >= 4 is 44.7 Å². The number of hydrogen-bond acceptors (Lipinski definition) is 5. The molecule has 24 heavy (non-hydrogen) atoms. The van der Waals surface area contributed by atoms with E-state index >= 15 is 0 Å². The summed E-state index contributed by atoms with van der Waals surface area (Å²) in [6.45, 7) is 0.395. The fraction of sp³-hybridized carbons (Fsp3) is 0.267. The van der Waals surface area contributed by atoms with Crippen molar-refractivity contribution in [3.05, 3.63) is 34.4 Å². The number of halogens is 1. The number of guanidine groups is 1. The number of hydrogen-bond donors (Lipinski definition) is 5. The number of aliphatic imine (C=N–C) groups is 1. The molecule has 0 unspecified atom stereocenters. The number of carboxylic acid groups (broad SMARTS) is 1. The molecule has 2 atom stereocenters. The van der Waals surface area contributed by atoms with Gasteiger partial charge in [0.2, 0.25) is 0 Å². The molecule has 0 radical (unpaired) electrons. The van der Waals surface area contributed by atoms with Gasteiger partial charge < -0.3 is 26.5 Å². The van der Waals surface area contributed by atoms with Crippen LogP contribution in [0.3, 0.4) is 0 Å². The summed E-state index contributed by atoms with van der Waals surface area (Å²) < 4.78 is 0.886. The van der Waals surface area contributed by atoms with Crippen molar-refractivity contribution in [3.8, 4) is 0 Å². The SMILES string of the molecule is NC1=NC[C@@H](C[C@H](NC(=O)c2c[nH]c3cc(Br)ccc23)C(=O)O)N1. The second kappa shape index (κ2) is 6.52.